The van der Waals surface area contributed by atoms with Crippen LogP contribution in [0.3, 0.4) is 0 Å². The SMILES string of the molecule is CCN(C(=O)[C@H](C)OC(=O)c1cc2c(s1)CCC2)c1ccccc1. The molecule has 0 saturated heterocycles. The molecule has 0 unspecified atom stereocenters. The molecule has 1 aliphatic rings. The topological polar surface area (TPSA) is 46.6 Å². The molecule has 0 aliphatic heterocycles. The van der Waals surface area contributed by atoms with Gasteiger partial charge >= 0.3 is 5.97 Å². The van der Waals surface area contributed by atoms with Crippen molar-refractivity contribution < 1.29 is 14.3 Å². The number of hydrogen-bond acceptors (Lipinski definition) is 4. The van der Waals surface area contributed by atoms with Crippen LogP contribution in [0.1, 0.15) is 40.4 Å². The molecule has 1 atom stereocenters. The van der Waals surface area contributed by atoms with Crippen molar-refractivity contribution in [3.8, 4) is 0 Å². The molecule has 4 nitrogen and oxygen atoms in total. The Bertz CT molecular complexity index is 717. The Morgan fingerprint density at radius 2 is 2.00 bits per heavy atom. The summed E-state index contributed by atoms with van der Waals surface area (Å²) in [5.74, 6) is -0.611. The first kappa shape index (κ1) is 16.7. The number of aryl methyl sites for hydroxylation is 2. The van der Waals surface area contributed by atoms with Crippen molar-refractivity contribution in [2.24, 2.45) is 0 Å². The van der Waals surface area contributed by atoms with Crippen molar-refractivity contribution in [3.05, 3.63) is 51.7 Å². The Morgan fingerprint density at radius 1 is 1.25 bits per heavy atom. The number of amides is 1. The van der Waals surface area contributed by atoms with Gasteiger partial charge in [0.1, 0.15) is 4.88 Å². The monoisotopic (exact) mass is 343 g/mol. The van der Waals surface area contributed by atoms with Crippen LogP contribution in [0.15, 0.2) is 36.4 Å². The zero-order valence-corrected chi connectivity index (χ0v) is 14.8. The predicted molar refractivity (Wildman–Crippen MR) is 95.7 cm³/mol. The molecule has 1 aromatic carbocycles. The highest BCUT2D eigenvalue weighted by molar-refractivity contribution is 7.14. The normalized spacial score (nSPS) is 14.1. The van der Waals surface area contributed by atoms with Gasteiger partial charge in [0.25, 0.3) is 5.91 Å². The number of benzene rings is 1. The maximum Gasteiger partial charge on any atom is 0.349 e. The minimum Gasteiger partial charge on any atom is -0.448 e. The van der Waals surface area contributed by atoms with Crippen LogP contribution in [0.4, 0.5) is 5.69 Å². The molecule has 24 heavy (non-hydrogen) atoms. The van der Waals surface area contributed by atoms with Crippen molar-refractivity contribution in [2.75, 3.05) is 11.4 Å². The Morgan fingerprint density at radius 3 is 2.67 bits per heavy atom. The van der Waals surface area contributed by atoms with E-state index in [1.807, 2.05) is 43.3 Å². The average Bonchev–Trinajstić information content (AvgIpc) is 3.18. The Labute approximate surface area is 146 Å². The van der Waals surface area contributed by atoms with Gasteiger partial charge in [0.15, 0.2) is 6.10 Å². The lowest BCUT2D eigenvalue weighted by Crippen LogP contribution is -2.40. The second-order valence-corrected chi connectivity index (χ2v) is 7.01. The lowest BCUT2D eigenvalue weighted by molar-refractivity contribution is -0.126. The van der Waals surface area contributed by atoms with E-state index in [2.05, 4.69) is 0 Å². The van der Waals surface area contributed by atoms with Crippen LogP contribution < -0.4 is 4.90 Å². The zero-order valence-electron chi connectivity index (χ0n) is 14.0. The molecule has 0 fully saturated rings. The molecule has 126 valence electrons. The van der Waals surface area contributed by atoms with E-state index in [1.54, 1.807) is 11.8 Å². The number of carbonyl (C=O) groups excluding carboxylic acids is 2. The van der Waals surface area contributed by atoms with E-state index < -0.39 is 12.1 Å². The number of hydrogen-bond donors (Lipinski definition) is 0. The van der Waals surface area contributed by atoms with Crippen molar-refractivity contribution in [1.82, 2.24) is 0 Å². The van der Waals surface area contributed by atoms with Crippen LogP contribution in [-0.4, -0.2) is 24.5 Å². The van der Waals surface area contributed by atoms with Gasteiger partial charge in [-0.25, -0.2) is 4.79 Å². The number of anilines is 1. The molecule has 0 spiro atoms. The fourth-order valence-electron chi connectivity index (χ4n) is 2.99. The molecule has 0 N–H and O–H groups in total. The van der Waals surface area contributed by atoms with Gasteiger partial charge in [0.05, 0.1) is 0 Å². The van der Waals surface area contributed by atoms with Crippen LogP contribution in [0.2, 0.25) is 0 Å². The standard InChI is InChI=1S/C19H21NO3S/c1-3-20(15-9-5-4-6-10-15)18(21)13(2)23-19(22)17-12-14-8-7-11-16(14)24-17/h4-6,9-10,12-13H,3,7-8,11H2,1-2H3/t13-/m0/s1. The smallest absolute Gasteiger partial charge is 0.349 e. The van der Waals surface area contributed by atoms with Gasteiger partial charge < -0.3 is 9.64 Å². The Balaban J connectivity index is 1.67. The number of rotatable bonds is 5. The number of carbonyl (C=O) groups is 2. The van der Waals surface area contributed by atoms with Crippen LogP contribution in [0.25, 0.3) is 0 Å². The molecule has 0 bridgehead atoms. The highest BCUT2D eigenvalue weighted by atomic mass is 32.1. The van der Waals surface area contributed by atoms with E-state index in [1.165, 1.54) is 21.8 Å². The summed E-state index contributed by atoms with van der Waals surface area (Å²) in [5.41, 5.74) is 2.06. The third-order valence-corrected chi connectivity index (χ3v) is 5.45. The second kappa shape index (κ2) is 7.18. The molecular weight excluding hydrogens is 322 g/mol. The third-order valence-electron chi connectivity index (χ3n) is 4.23. The number of esters is 1. The summed E-state index contributed by atoms with van der Waals surface area (Å²) in [6.45, 7) is 4.06. The maximum atomic E-state index is 12.6. The molecule has 0 saturated carbocycles. The number of ether oxygens (including phenoxy) is 1. The number of para-hydroxylation sites is 1. The predicted octanol–water partition coefficient (Wildman–Crippen LogP) is 3.84. The van der Waals surface area contributed by atoms with Gasteiger partial charge in [-0.1, -0.05) is 18.2 Å². The Hall–Kier alpha value is -2.14. The molecule has 1 heterocycles. The first-order valence-electron chi connectivity index (χ1n) is 8.29. The molecule has 1 aromatic heterocycles. The van der Waals surface area contributed by atoms with E-state index in [9.17, 15) is 9.59 Å². The largest absolute Gasteiger partial charge is 0.448 e. The van der Waals surface area contributed by atoms with Gasteiger partial charge in [0, 0.05) is 17.1 Å². The summed E-state index contributed by atoms with van der Waals surface area (Å²) in [6.07, 6.45) is 2.42. The van der Waals surface area contributed by atoms with E-state index in [-0.39, 0.29) is 5.91 Å². The summed E-state index contributed by atoms with van der Waals surface area (Å²) in [7, 11) is 0. The van der Waals surface area contributed by atoms with E-state index in [0.29, 0.717) is 11.4 Å². The molecule has 5 heteroatoms. The van der Waals surface area contributed by atoms with Crippen molar-refractivity contribution in [2.45, 2.75) is 39.2 Å². The molecule has 1 amide bonds. The molecular formula is C19H21NO3S. The minimum absolute atomic E-state index is 0.207. The molecule has 1 aliphatic carbocycles. The van der Waals surface area contributed by atoms with Gasteiger partial charge in [-0.3, -0.25) is 4.79 Å². The van der Waals surface area contributed by atoms with Crippen LogP contribution in [0, 0.1) is 0 Å². The first-order valence-corrected chi connectivity index (χ1v) is 9.10. The summed E-state index contributed by atoms with van der Waals surface area (Å²) >= 11 is 1.49. The first-order chi connectivity index (χ1) is 11.6. The van der Waals surface area contributed by atoms with Crippen LogP contribution >= 0.6 is 11.3 Å². The van der Waals surface area contributed by atoms with Gasteiger partial charge in [0.2, 0.25) is 0 Å². The van der Waals surface area contributed by atoms with Crippen molar-refractivity contribution in [1.29, 1.82) is 0 Å². The summed E-state index contributed by atoms with van der Waals surface area (Å²) in [4.78, 5) is 28.5. The molecule has 2 aromatic rings. The maximum absolute atomic E-state index is 12.6. The third kappa shape index (κ3) is 3.36. The lowest BCUT2D eigenvalue weighted by atomic mass is 10.2. The average molecular weight is 343 g/mol. The Kier molecular flexibility index (Phi) is 5.00. The fourth-order valence-corrected chi connectivity index (χ4v) is 4.13. The summed E-state index contributed by atoms with van der Waals surface area (Å²) < 4.78 is 5.42. The minimum atomic E-state index is -0.811. The zero-order chi connectivity index (χ0) is 17.1. The van der Waals surface area contributed by atoms with Crippen molar-refractivity contribution in [3.63, 3.8) is 0 Å². The van der Waals surface area contributed by atoms with Crippen LogP contribution in [-0.2, 0) is 22.4 Å². The number of nitrogens with zero attached hydrogens (tertiary/aromatic N) is 1. The number of likely N-dealkylation sites (N-methyl/N-ethyl adjacent to an activating group) is 1. The summed E-state index contributed by atoms with van der Waals surface area (Å²) in [6, 6.07) is 11.3. The highest BCUT2D eigenvalue weighted by Gasteiger charge is 2.26. The molecule has 3 rings (SSSR count). The fraction of sp³-hybridized carbons (Fsp3) is 0.368. The number of thiophene rings is 1. The van der Waals surface area contributed by atoms with E-state index in [4.69, 9.17) is 4.74 Å². The van der Waals surface area contributed by atoms with Crippen molar-refractivity contribution >= 4 is 28.9 Å². The van der Waals surface area contributed by atoms with E-state index in [0.717, 1.165) is 24.9 Å². The molecule has 0 radical (unpaired) electrons. The van der Waals surface area contributed by atoms with Gasteiger partial charge in [-0.05, 0) is 56.9 Å². The number of fused-ring (bicyclic) bond motifs is 1. The second-order valence-electron chi connectivity index (χ2n) is 5.88. The van der Waals surface area contributed by atoms with Gasteiger partial charge in [-0.2, -0.15) is 0 Å². The van der Waals surface area contributed by atoms with Gasteiger partial charge in [-0.15, -0.1) is 11.3 Å². The summed E-state index contributed by atoms with van der Waals surface area (Å²) in [5, 5.41) is 0. The quantitative estimate of drug-likeness (QED) is 0.775. The van der Waals surface area contributed by atoms with Crippen LogP contribution in [0.5, 0.6) is 0 Å². The lowest BCUT2D eigenvalue weighted by Gasteiger charge is -2.24. The van der Waals surface area contributed by atoms with E-state index >= 15 is 0 Å². The highest BCUT2D eigenvalue weighted by Crippen LogP contribution is 2.31.